The van der Waals surface area contributed by atoms with Crippen LogP contribution in [0.4, 0.5) is 0 Å². The van der Waals surface area contributed by atoms with Gasteiger partial charge in [0.1, 0.15) is 5.75 Å². The standard InChI is InChI=1S/C16H14BrIN2O2/c1-11(12-2-4-13(17)5-3-12)19-20-16(21)10-22-15-8-6-14(18)7-9-15/h2-9H,10H2,1H3,(H,20,21). The highest BCUT2D eigenvalue weighted by Crippen LogP contribution is 2.13. The molecule has 0 atom stereocenters. The fourth-order valence-corrected chi connectivity index (χ4v) is 2.24. The van der Waals surface area contributed by atoms with Gasteiger partial charge in [0.25, 0.3) is 5.91 Å². The van der Waals surface area contributed by atoms with Crippen LogP contribution in [0, 0.1) is 3.57 Å². The lowest BCUT2D eigenvalue weighted by atomic mass is 10.1. The lowest BCUT2D eigenvalue weighted by Gasteiger charge is -2.06. The van der Waals surface area contributed by atoms with E-state index in [1.165, 1.54) is 0 Å². The second kappa shape index (κ2) is 8.28. The van der Waals surface area contributed by atoms with E-state index in [0.29, 0.717) is 5.75 Å². The minimum absolute atomic E-state index is 0.0717. The Balaban J connectivity index is 1.85. The predicted octanol–water partition coefficient (Wildman–Crippen LogP) is 3.97. The van der Waals surface area contributed by atoms with Crippen LogP contribution in [0.25, 0.3) is 0 Å². The molecule has 6 heteroatoms. The van der Waals surface area contributed by atoms with Crippen LogP contribution in [-0.2, 0) is 4.79 Å². The van der Waals surface area contributed by atoms with Crippen molar-refractivity contribution < 1.29 is 9.53 Å². The number of nitrogens with one attached hydrogen (secondary N) is 1. The normalized spacial score (nSPS) is 11.1. The van der Waals surface area contributed by atoms with E-state index in [0.717, 1.165) is 19.3 Å². The van der Waals surface area contributed by atoms with Gasteiger partial charge in [0.2, 0.25) is 0 Å². The van der Waals surface area contributed by atoms with E-state index >= 15 is 0 Å². The zero-order valence-electron chi connectivity index (χ0n) is 11.8. The maximum atomic E-state index is 11.7. The maximum absolute atomic E-state index is 11.7. The van der Waals surface area contributed by atoms with Gasteiger partial charge in [0, 0.05) is 8.04 Å². The van der Waals surface area contributed by atoms with Crippen molar-refractivity contribution in [2.45, 2.75) is 6.92 Å². The van der Waals surface area contributed by atoms with Crippen LogP contribution in [0.15, 0.2) is 58.1 Å². The Labute approximate surface area is 151 Å². The molecule has 0 aliphatic heterocycles. The molecule has 22 heavy (non-hydrogen) atoms. The van der Waals surface area contributed by atoms with Gasteiger partial charge in [-0.25, -0.2) is 5.43 Å². The van der Waals surface area contributed by atoms with Crippen LogP contribution < -0.4 is 10.2 Å². The molecule has 4 nitrogen and oxygen atoms in total. The van der Waals surface area contributed by atoms with E-state index in [2.05, 4.69) is 49.0 Å². The molecule has 114 valence electrons. The lowest BCUT2D eigenvalue weighted by Crippen LogP contribution is -2.25. The van der Waals surface area contributed by atoms with Crippen LogP contribution in [0.3, 0.4) is 0 Å². The van der Waals surface area contributed by atoms with Gasteiger partial charge in [-0.05, 0) is 71.5 Å². The van der Waals surface area contributed by atoms with Gasteiger partial charge in [-0.15, -0.1) is 0 Å². The fraction of sp³-hybridized carbons (Fsp3) is 0.125. The molecule has 1 N–H and O–H groups in total. The Morgan fingerprint density at radius 2 is 1.82 bits per heavy atom. The number of nitrogens with zero attached hydrogens (tertiary/aromatic N) is 1. The number of hydrogen-bond acceptors (Lipinski definition) is 3. The predicted molar refractivity (Wildman–Crippen MR) is 99.1 cm³/mol. The third-order valence-electron chi connectivity index (χ3n) is 2.79. The molecule has 0 aliphatic carbocycles. The molecule has 2 aromatic carbocycles. The van der Waals surface area contributed by atoms with Gasteiger partial charge < -0.3 is 4.74 Å². The minimum Gasteiger partial charge on any atom is -0.484 e. The summed E-state index contributed by atoms with van der Waals surface area (Å²) in [6.45, 7) is 1.77. The van der Waals surface area contributed by atoms with Crippen molar-refractivity contribution in [1.29, 1.82) is 0 Å². The van der Waals surface area contributed by atoms with E-state index in [1.54, 1.807) is 0 Å². The van der Waals surface area contributed by atoms with E-state index in [4.69, 9.17) is 4.74 Å². The number of carbonyl (C=O) groups is 1. The van der Waals surface area contributed by atoms with Gasteiger partial charge in [0.15, 0.2) is 6.61 Å². The molecule has 1 amide bonds. The first-order valence-corrected chi connectivity index (χ1v) is 8.39. The monoisotopic (exact) mass is 472 g/mol. The Kier molecular flexibility index (Phi) is 6.38. The summed E-state index contributed by atoms with van der Waals surface area (Å²) in [5, 5.41) is 4.07. The summed E-state index contributed by atoms with van der Waals surface area (Å²) in [5.41, 5.74) is 4.17. The molecule has 2 aromatic rings. The fourth-order valence-electron chi connectivity index (χ4n) is 1.61. The van der Waals surface area contributed by atoms with Gasteiger partial charge >= 0.3 is 0 Å². The van der Waals surface area contributed by atoms with E-state index in [-0.39, 0.29) is 12.5 Å². The van der Waals surface area contributed by atoms with Gasteiger partial charge in [-0.3, -0.25) is 4.79 Å². The van der Waals surface area contributed by atoms with Crippen molar-refractivity contribution >= 4 is 50.1 Å². The van der Waals surface area contributed by atoms with Crippen molar-refractivity contribution in [2.24, 2.45) is 5.10 Å². The molecule has 0 fully saturated rings. The van der Waals surface area contributed by atoms with Crippen LogP contribution in [-0.4, -0.2) is 18.2 Å². The number of ether oxygens (including phenoxy) is 1. The summed E-state index contributed by atoms with van der Waals surface area (Å²) < 4.78 is 7.50. The van der Waals surface area contributed by atoms with Crippen LogP contribution >= 0.6 is 38.5 Å². The van der Waals surface area contributed by atoms with Crippen molar-refractivity contribution in [1.82, 2.24) is 5.43 Å². The zero-order valence-corrected chi connectivity index (χ0v) is 15.6. The summed E-state index contributed by atoms with van der Waals surface area (Å²) >= 11 is 5.59. The average Bonchev–Trinajstić information content (AvgIpc) is 2.52. The minimum atomic E-state index is -0.296. The van der Waals surface area contributed by atoms with Crippen molar-refractivity contribution in [3.63, 3.8) is 0 Å². The van der Waals surface area contributed by atoms with Gasteiger partial charge in [0.05, 0.1) is 5.71 Å². The highest BCUT2D eigenvalue weighted by molar-refractivity contribution is 14.1. The van der Waals surface area contributed by atoms with Gasteiger partial charge in [-0.1, -0.05) is 28.1 Å². The summed E-state index contributed by atoms with van der Waals surface area (Å²) in [4.78, 5) is 11.7. The molecule has 2 rings (SSSR count). The molecular formula is C16H14BrIN2O2. The maximum Gasteiger partial charge on any atom is 0.277 e. The number of carbonyl (C=O) groups excluding carboxylic acids is 1. The summed E-state index contributed by atoms with van der Waals surface area (Å²) in [6, 6.07) is 15.2. The molecule has 0 heterocycles. The SMILES string of the molecule is CC(=NNC(=O)COc1ccc(I)cc1)c1ccc(Br)cc1. The van der Waals surface area contributed by atoms with Crippen LogP contribution in [0.2, 0.25) is 0 Å². The number of hydrogen-bond donors (Lipinski definition) is 1. The first-order valence-electron chi connectivity index (χ1n) is 6.52. The second-order valence-corrected chi connectivity index (χ2v) is 6.64. The van der Waals surface area contributed by atoms with Crippen molar-refractivity contribution in [3.8, 4) is 5.75 Å². The third-order valence-corrected chi connectivity index (χ3v) is 4.04. The summed E-state index contributed by atoms with van der Waals surface area (Å²) in [5.74, 6) is 0.360. The summed E-state index contributed by atoms with van der Waals surface area (Å²) in [7, 11) is 0. The van der Waals surface area contributed by atoms with E-state index in [1.807, 2.05) is 55.5 Å². The number of hydrazone groups is 1. The molecule has 0 aliphatic rings. The molecule has 0 radical (unpaired) electrons. The Bertz CT molecular complexity index is 670. The first kappa shape index (κ1) is 17.0. The molecule has 0 saturated carbocycles. The van der Waals surface area contributed by atoms with Gasteiger partial charge in [-0.2, -0.15) is 5.10 Å². The molecule has 0 aromatic heterocycles. The topological polar surface area (TPSA) is 50.7 Å². The van der Waals surface area contributed by atoms with Crippen LogP contribution in [0.1, 0.15) is 12.5 Å². The molecule has 0 bridgehead atoms. The average molecular weight is 473 g/mol. The highest BCUT2D eigenvalue weighted by Gasteiger charge is 2.03. The number of benzene rings is 2. The second-order valence-electron chi connectivity index (χ2n) is 4.48. The van der Waals surface area contributed by atoms with Crippen molar-refractivity contribution in [2.75, 3.05) is 6.61 Å². The van der Waals surface area contributed by atoms with Crippen LogP contribution in [0.5, 0.6) is 5.75 Å². The molecular weight excluding hydrogens is 459 g/mol. The van der Waals surface area contributed by atoms with E-state index in [9.17, 15) is 4.79 Å². The number of amides is 1. The number of rotatable bonds is 5. The number of halogens is 2. The molecule has 0 saturated heterocycles. The summed E-state index contributed by atoms with van der Waals surface area (Å²) in [6.07, 6.45) is 0. The molecule has 0 spiro atoms. The zero-order chi connectivity index (χ0) is 15.9. The lowest BCUT2D eigenvalue weighted by molar-refractivity contribution is -0.123. The smallest absolute Gasteiger partial charge is 0.277 e. The molecule has 0 unspecified atom stereocenters. The largest absolute Gasteiger partial charge is 0.484 e. The Hall–Kier alpha value is -1.41. The van der Waals surface area contributed by atoms with Crippen molar-refractivity contribution in [3.05, 3.63) is 62.1 Å². The first-order chi connectivity index (χ1) is 10.5. The van der Waals surface area contributed by atoms with E-state index < -0.39 is 0 Å². The highest BCUT2D eigenvalue weighted by atomic mass is 127. The Morgan fingerprint density at radius 1 is 1.18 bits per heavy atom. The third kappa shape index (κ3) is 5.42. The Morgan fingerprint density at radius 3 is 2.45 bits per heavy atom. The quantitative estimate of drug-likeness (QED) is 0.406.